The fourth-order valence-corrected chi connectivity index (χ4v) is 4.52. The number of nitrogens with zero attached hydrogens (tertiary/aromatic N) is 4. The molecule has 112 valence electrons. The third-order valence-electron chi connectivity index (χ3n) is 3.57. The van der Waals surface area contributed by atoms with Crippen molar-refractivity contribution in [2.75, 3.05) is 13.2 Å². The predicted octanol–water partition coefficient (Wildman–Crippen LogP) is 2.87. The number of hydrogen-bond acceptors (Lipinski definition) is 5. The van der Waals surface area contributed by atoms with Crippen molar-refractivity contribution in [3.63, 3.8) is 0 Å². The van der Waals surface area contributed by atoms with Gasteiger partial charge in [-0.15, -0.1) is 5.10 Å². The summed E-state index contributed by atoms with van der Waals surface area (Å²) in [6.45, 7) is 1.03. The van der Waals surface area contributed by atoms with Crippen LogP contribution in [0.15, 0.2) is 56.4 Å². The first kappa shape index (κ1) is 14.4. The molecule has 4 rings (SSSR count). The molecule has 3 heterocycles. The lowest BCUT2D eigenvalue weighted by Crippen LogP contribution is -2.34. The van der Waals surface area contributed by atoms with Crippen molar-refractivity contribution in [1.82, 2.24) is 8.12 Å². The molecule has 22 heavy (non-hydrogen) atoms. The number of benzene rings is 1. The SMILES string of the molecule is O=S1C=CC2=C1N1CN(I)N=C1C(c1ccccc1Cl)=NC2. The van der Waals surface area contributed by atoms with Gasteiger partial charge in [0.15, 0.2) is 5.84 Å². The second kappa shape index (κ2) is 5.47. The molecule has 0 fully saturated rings. The molecule has 0 bridgehead atoms. The fourth-order valence-electron chi connectivity index (χ4n) is 2.61. The molecule has 1 aromatic rings. The van der Waals surface area contributed by atoms with Crippen LogP contribution in [0.4, 0.5) is 0 Å². The summed E-state index contributed by atoms with van der Waals surface area (Å²) in [7, 11) is -1.14. The smallest absolute Gasteiger partial charge is 0.182 e. The predicted molar refractivity (Wildman–Crippen MR) is 97.2 cm³/mol. The molecule has 3 aliphatic heterocycles. The van der Waals surface area contributed by atoms with Crippen molar-refractivity contribution in [2.24, 2.45) is 10.1 Å². The molecule has 1 atom stereocenters. The maximum atomic E-state index is 12.3. The highest BCUT2D eigenvalue weighted by Crippen LogP contribution is 2.32. The van der Waals surface area contributed by atoms with Crippen LogP contribution in [0.2, 0.25) is 5.02 Å². The average molecular weight is 445 g/mol. The van der Waals surface area contributed by atoms with Gasteiger partial charge in [-0.3, -0.25) is 9.89 Å². The molecular weight excluding hydrogens is 435 g/mol. The normalized spacial score (nSPS) is 23.3. The number of rotatable bonds is 1. The number of aliphatic imine (C=N–C) groups is 1. The molecule has 3 aliphatic rings. The van der Waals surface area contributed by atoms with Crippen LogP contribution in [0.1, 0.15) is 5.56 Å². The zero-order valence-electron chi connectivity index (χ0n) is 11.2. The highest BCUT2D eigenvalue weighted by atomic mass is 127. The van der Waals surface area contributed by atoms with Gasteiger partial charge in [0.1, 0.15) is 17.4 Å². The van der Waals surface area contributed by atoms with Gasteiger partial charge in [-0.25, -0.2) is 7.43 Å². The number of amidine groups is 1. The number of hydrazone groups is 1. The number of fused-ring (bicyclic) bond motifs is 2. The van der Waals surface area contributed by atoms with Gasteiger partial charge >= 0.3 is 0 Å². The summed E-state index contributed by atoms with van der Waals surface area (Å²) in [4.78, 5) is 6.66. The minimum atomic E-state index is -1.14. The number of halogens is 2. The molecule has 1 aromatic carbocycles. The summed E-state index contributed by atoms with van der Waals surface area (Å²) < 4.78 is 14.1. The van der Waals surface area contributed by atoms with Gasteiger partial charge < -0.3 is 0 Å². The topological polar surface area (TPSA) is 48.3 Å². The van der Waals surface area contributed by atoms with E-state index >= 15 is 0 Å². The van der Waals surface area contributed by atoms with Crippen LogP contribution in [0.25, 0.3) is 0 Å². The molecule has 0 N–H and O–H groups in total. The Balaban J connectivity index is 1.87. The molecule has 0 aromatic heterocycles. The van der Waals surface area contributed by atoms with E-state index in [2.05, 4.69) is 28.0 Å². The highest BCUT2D eigenvalue weighted by molar-refractivity contribution is 14.1. The molecule has 1 unspecified atom stereocenters. The van der Waals surface area contributed by atoms with Crippen molar-refractivity contribution in [3.05, 3.63) is 56.9 Å². The average Bonchev–Trinajstić information content (AvgIpc) is 3.00. The van der Waals surface area contributed by atoms with E-state index in [1.807, 2.05) is 35.2 Å². The van der Waals surface area contributed by atoms with Gasteiger partial charge in [-0.05, 0) is 12.1 Å². The Bertz CT molecular complexity index is 817. The highest BCUT2D eigenvalue weighted by Gasteiger charge is 2.36. The maximum absolute atomic E-state index is 12.3. The first-order valence-electron chi connectivity index (χ1n) is 6.56. The summed E-state index contributed by atoms with van der Waals surface area (Å²) in [5.74, 6) is 0.699. The summed E-state index contributed by atoms with van der Waals surface area (Å²) in [6.07, 6.45) is 1.89. The van der Waals surface area contributed by atoms with Crippen LogP contribution in [-0.4, -0.2) is 37.1 Å². The van der Waals surface area contributed by atoms with E-state index in [-0.39, 0.29) is 0 Å². The Hall–Kier alpha value is -1.19. The lowest BCUT2D eigenvalue weighted by atomic mass is 10.1. The van der Waals surface area contributed by atoms with Crippen LogP contribution in [0, 0.1) is 0 Å². The molecule has 0 saturated heterocycles. The van der Waals surface area contributed by atoms with Crippen LogP contribution in [0.5, 0.6) is 0 Å². The van der Waals surface area contributed by atoms with Crippen molar-refractivity contribution in [1.29, 1.82) is 0 Å². The van der Waals surface area contributed by atoms with Gasteiger partial charge in [0.25, 0.3) is 0 Å². The second-order valence-electron chi connectivity index (χ2n) is 4.90. The van der Waals surface area contributed by atoms with Crippen LogP contribution >= 0.6 is 34.5 Å². The van der Waals surface area contributed by atoms with E-state index in [0.29, 0.717) is 24.1 Å². The van der Waals surface area contributed by atoms with Crippen LogP contribution in [0.3, 0.4) is 0 Å². The first-order valence-corrected chi connectivity index (χ1v) is 9.12. The maximum Gasteiger partial charge on any atom is 0.182 e. The molecule has 0 saturated carbocycles. The lowest BCUT2D eigenvalue weighted by molar-refractivity contribution is 0.445. The van der Waals surface area contributed by atoms with E-state index in [1.165, 1.54) is 0 Å². The molecule has 5 nitrogen and oxygen atoms in total. The molecular formula is C14H10ClIN4OS. The summed E-state index contributed by atoms with van der Waals surface area (Å²) in [5, 5.41) is 7.66. The second-order valence-corrected chi connectivity index (χ2v) is 7.68. The van der Waals surface area contributed by atoms with E-state index in [1.54, 1.807) is 8.63 Å². The van der Waals surface area contributed by atoms with Gasteiger partial charge in [0.05, 0.1) is 45.2 Å². The van der Waals surface area contributed by atoms with Gasteiger partial charge in [-0.1, -0.05) is 29.8 Å². The minimum absolute atomic E-state index is 0.481. The fraction of sp³-hybridized carbons (Fsp3) is 0.143. The van der Waals surface area contributed by atoms with Gasteiger partial charge in [0, 0.05) is 16.5 Å². The summed E-state index contributed by atoms with van der Waals surface area (Å²) in [6, 6.07) is 7.58. The van der Waals surface area contributed by atoms with Crippen LogP contribution < -0.4 is 0 Å². The van der Waals surface area contributed by atoms with Crippen LogP contribution in [-0.2, 0) is 10.8 Å². The standard InChI is InChI=1S/C14H10ClIN4OS/c15-11-4-2-1-3-10(11)12-13-18-20(16)8-19(13)14-9(7-17-12)5-6-22(14)21/h1-6H,7-8H2. The number of hydrogen-bond donors (Lipinski definition) is 0. The molecule has 0 amide bonds. The Labute approximate surface area is 149 Å². The van der Waals surface area contributed by atoms with Gasteiger partial charge in [0.2, 0.25) is 0 Å². The molecule has 0 radical (unpaired) electrons. The third kappa shape index (κ3) is 2.22. The first-order chi connectivity index (χ1) is 10.6. The van der Waals surface area contributed by atoms with Crippen molar-refractivity contribution in [3.8, 4) is 0 Å². The molecule has 0 spiro atoms. The van der Waals surface area contributed by atoms with Crippen molar-refractivity contribution >= 4 is 56.8 Å². The minimum Gasteiger partial charge on any atom is -0.294 e. The summed E-state index contributed by atoms with van der Waals surface area (Å²) in [5.41, 5.74) is 2.56. The van der Waals surface area contributed by atoms with Gasteiger partial charge in [-0.2, -0.15) is 0 Å². The largest absolute Gasteiger partial charge is 0.294 e. The Morgan fingerprint density at radius 1 is 1.32 bits per heavy atom. The monoisotopic (exact) mass is 444 g/mol. The zero-order chi connectivity index (χ0) is 15.3. The Kier molecular flexibility index (Phi) is 3.58. The Morgan fingerprint density at radius 2 is 2.14 bits per heavy atom. The third-order valence-corrected chi connectivity index (χ3v) is 5.67. The zero-order valence-corrected chi connectivity index (χ0v) is 15.0. The lowest BCUT2D eigenvalue weighted by Gasteiger charge is -2.20. The molecule has 0 aliphatic carbocycles. The van der Waals surface area contributed by atoms with E-state index in [9.17, 15) is 4.21 Å². The van der Waals surface area contributed by atoms with E-state index in [0.717, 1.165) is 21.9 Å². The Morgan fingerprint density at radius 3 is 2.95 bits per heavy atom. The summed E-state index contributed by atoms with van der Waals surface area (Å²) >= 11 is 8.45. The van der Waals surface area contributed by atoms with E-state index in [4.69, 9.17) is 16.6 Å². The van der Waals surface area contributed by atoms with Crippen molar-refractivity contribution < 1.29 is 4.21 Å². The quantitative estimate of drug-likeness (QED) is 0.494. The van der Waals surface area contributed by atoms with Crippen molar-refractivity contribution in [2.45, 2.75) is 0 Å². The molecule has 8 heteroatoms. The van der Waals surface area contributed by atoms with E-state index < -0.39 is 10.8 Å².